The van der Waals surface area contributed by atoms with Gasteiger partial charge in [-0.05, 0) is 20.8 Å². The highest BCUT2D eigenvalue weighted by Crippen LogP contribution is 2.02. The standard InChI is InChI=1S/C12H24N2O3/c1-9(11(16)17-6)8-14(5)10(15)7-13-12(2,3)4/h9,13H,7-8H2,1-6H3. The molecule has 0 heterocycles. The number of carbonyl (C=O) groups is 2. The van der Waals surface area contributed by atoms with Crippen molar-refractivity contribution in [3.8, 4) is 0 Å². The van der Waals surface area contributed by atoms with E-state index in [-0.39, 0.29) is 29.9 Å². The van der Waals surface area contributed by atoms with Crippen LogP contribution in [-0.4, -0.2) is 49.6 Å². The van der Waals surface area contributed by atoms with Crippen molar-refractivity contribution in [2.45, 2.75) is 33.2 Å². The van der Waals surface area contributed by atoms with Crippen LogP contribution < -0.4 is 5.32 Å². The van der Waals surface area contributed by atoms with Crippen molar-refractivity contribution in [3.05, 3.63) is 0 Å². The Morgan fingerprint density at radius 3 is 2.29 bits per heavy atom. The minimum atomic E-state index is -0.302. The fourth-order valence-electron chi connectivity index (χ4n) is 1.26. The lowest BCUT2D eigenvalue weighted by atomic mass is 10.1. The molecule has 0 saturated heterocycles. The number of amides is 1. The van der Waals surface area contributed by atoms with Gasteiger partial charge in [0.15, 0.2) is 0 Å². The zero-order valence-corrected chi connectivity index (χ0v) is 11.7. The van der Waals surface area contributed by atoms with E-state index in [2.05, 4.69) is 10.1 Å². The third-order valence-corrected chi connectivity index (χ3v) is 2.35. The summed E-state index contributed by atoms with van der Waals surface area (Å²) in [5, 5.41) is 3.11. The van der Waals surface area contributed by atoms with Gasteiger partial charge in [0.25, 0.3) is 0 Å². The van der Waals surface area contributed by atoms with Gasteiger partial charge < -0.3 is 15.0 Å². The van der Waals surface area contributed by atoms with Gasteiger partial charge in [-0.3, -0.25) is 9.59 Å². The fraction of sp³-hybridized carbons (Fsp3) is 0.833. The second-order valence-electron chi connectivity index (χ2n) is 5.30. The zero-order chi connectivity index (χ0) is 13.6. The van der Waals surface area contributed by atoms with Crippen LogP contribution in [0.5, 0.6) is 0 Å². The predicted octanol–water partition coefficient (Wildman–Crippen LogP) is 0.642. The van der Waals surface area contributed by atoms with Gasteiger partial charge in [-0.25, -0.2) is 0 Å². The summed E-state index contributed by atoms with van der Waals surface area (Å²) in [5.74, 6) is -0.632. The Balaban J connectivity index is 4.10. The first-order valence-corrected chi connectivity index (χ1v) is 5.74. The maximum absolute atomic E-state index is 11.7. The molecule has 1 atom stereocenters. The molecule has 0 fully saturated rings. The van der Waals surface area contributed by atoms with Crippen LogP contribution in [0.4, 0.5) is 0 Å². The van der Waals surface area contributed by atoms with Crippen molar-refractivity contribution in [3.63, 3.8) is 0 Å². The summed E-state index contributed by atoms with van der Waals surface area (Å²) in [5.41, 5.74) is -0.0928. The first-order valence-electron chi connectivity index (χ1n) is 5.74. The maximum atomic E-state index is 11.7. The smallest absolute Gasteiger partial charge is 0.310 e. The number of hydrogen-bond acceptors (Lipinski definition) is 4. The van der Waals surface area contributed by atoms with Crippen molar-refractivity contribution in [2.24, 2.45) is 5.92 Å². The lowest BCUT2D eigenvalue weighted by Crippen LogP contribution is -2.45. The number of methoxy groups -OCH3 is 1. The van der Waals surface area contributed by atoms with E-state index in [1.165, 1.54) is 7.11 Å². The average Bonchev–Trinajstić information content (AvgIpc) is 2.23. The first-order chi connectivity index (χ1) is 7.67. The Bertz CT molecular complexity index is 271. The molecule has 0 aromatic carbocycles. The molecule has 1 amide bonds. The molecule has 0 aliphatic heterocycles. The number of nitrogens with zero attached hydrogens (tertiary/aromatic N) is 1. The van der Waals surface area contributed by atoms with Gasteiger partial charge in [-0.1, -0.05) is 6.92 Å². The lowest BCUT2D eigenvalue weighted by Gasteiger charge is -2.24. The average molecular weight is 244 g/mol. The van der Waals surface area contributed by atoms with Gasteiger partial charge in [0, 0.05) is 19.1 Å². The highest BCUT2D eigenvalue weighted by Gasteiger charge is 2.19. The van der Waals surface area contributed by atoms with E-state index in [9.17, 15) is 9.59 Å². The van der Waals surface area contributed by atoms with Crippen LogP contribution in [0.1, 0.15) is 27.7 Å². The summed E-state index contributed by atoms with van der Waals surface area (Å²) in [6.45, 7) is 8.38. The largest absolute Gasteiger partial charge is 0.469 e. The lowest BCUT2D eigenvalue weighted by molar-refractivity contribution is -0.146. The van der Waals surface area contributed by atoms with Crippen LogP contribution in [0.2, 0.25) is 0 Å². The number of ether oxygens (including phenoxy) is 1. The van der Waals surface area contributed by atoms with Crippen LogP contribution in [0, 0.1) is 5.92 Å². The molecule has 0 saturated carbocycles. The molecule has 0 bridgehead atoms. The Hall–Kier alpha value is -1.10. The quantitative estimate of drug-likeness (QED) is 0.721. The molecule has 17 heavy (non-hydrogen) atoms. The van der Waals surface area contributed by atoms with E-state index >= 15 is 0 Å². The van der Waals surface area contributed by atoms with Gasteiger partial charge in [0.05, 0.1) is 19.6 Å². The number of likely N-dealkylation sites (N-methyl/N-ethyl adjacent to an activating group) is 1. The predicted molar refractivity (Wildman–Crippen MR) is 66.6 cm³/mol. The number of carbonyl (C=O) groups excluding carboxylic acids is 2. The summed E-state index contributed by atoms with van der Waals surface area (Å²) in [4.78, 5) is 24.5. The Morgan fingerprint density at radius 2 is 1.88 bits per heavy atom. The minimum Gasteiger partial charge on any atom is -0.469 e. The molecule has 0 aromatic heterocycles. The zero-order valence-electron chi connectivity index (χ0n) is 11.7. The third-order valence-electron chi connectivity index (χ3n) is 2.35. The molecular weight excluding hydrogens is 220 g/mol. The van der Waals surface area contributed by atoms with Gasteiger partial charge in [0.1, 0.15) is 0 Å². The van der Waals surface area contributed by atoms with E-state index in [4.69, 9.17) is 0 Å². The molecule has 0 radical (unpaired) electrons. The van der Waals surface area contributed by atoms with E-state index in [0.29, 0.717) is 6.54 Å². The van der Waals surface area contributed by atoms with Gasteiger partial charge >= 0.3 is 5.97 Å². The van der Waals surface area contributed by atoms with Crippen LogP contribution in [0.25, 0.3) is 0 Å². The van der Waals surface area contributed by atoms with Crippen molar-refractivity contribution in [1.29, 1.82) is 0 Å². The molecule has 100 valence electrons. The van der Waals surface area contributed by atoms with E-state index in [0.717, 1.165) is 0 Å². The number of rotatable bonds is 5. The normalized spacial score (nSPS) is 13.1. The van der Waals surface area contributed by atoms with Crippen molar-refractivity contribution >= 4 is 11.9 Å². The highest BCUT2D eigenvalue weighted by molar-refractivity contribution is 5.79. The summed E-state index contributed by atoms with van der Waals surface area (Å²) in [6.07, 6.45) is 0. The molecular formula is C12H24N2O3. The molecule has 0 aromatic rings. The molecule has 1 unspecified atom stereocenters. The summed E-state index contributed by atoms with van der Waals surface area (Å²) < 4.78 is 4.61. The van der Waals surface area contributed by atoms with E-state index in [1.54, 1.807) is 18.9 Å². The molecule has 5 heteroatoms. The summed E-state index contributed by atoms with van der Waals surface area (Å²) in [6, 6.07) is 0. The Morgan fingerprint density at radius 1 is 1.35 bits per heavy atom. The van der Waals surface area contributed by atoms with Crippen LogP contribution in [0.3, 0.4) is 0 Å². The summed E-state index contributed by atoms with van der Waals surface area (Å²) >= 11 is 0. The topological polar surface area (TPSA) is 58.6 Å². The monoisotopic (exact) mass is 244 g/mol. The van der Waals surface area contributed by atoms with Crippen molar-refractivity contribution in [2.75, 3.05) is 27.2 Å². The van der Waals surface area contributed by atoms with Crippen LogP contribution in [0.15, 0.2) is 0 Å². The first kappa shape index (κ1) is 15.9. The van der Waals surface area contributed by atoms with Gasteiger partial charge in [0.2, 0.25) is 5.91 Å². The molecule has 0 spiro atoms. The van der Waals surface area contributed by atoms with Crippen molar-refractivity contribution < 1.29 is 14.3 Å². The van der Waals surface area contributed by atoms with E-state index in [1.807, 2.05) is 20.8 Å². The van der Waals surface area contributed by atoms with Crippen LogP contribution in [-0.2, 0) is 14.3 Å². The Labute approximate surface area is 103 Å². The molecule has 1 N–H and O–H groups in total. The van der Waals surface area contributed by atoms with Crippen LogP contribution >= 0.6 is 0 Å². The van der Waals surface area contributed by atoms with Crippen molar-refractivity contribution in [1.82, 2.24) is 10.2 Å². The van der Waals surface area contributed by atoms with E-state index < -0.39 is 0 Å². The SMILES string of the molecule is COC(=O)C(C)CN(C)C(=O)CNC(C)(C)C. The number of nitrogens with one attached hydrogen (secondary N) is 1. The van der Waals surface area contributed by atoms with Gasteiger partial charge in [-0.2, -0.15) is 0 Å². The second kappa shape index (κ2) is 6.59. The molecule has 0 aliphatic rings. The maximum Gasteiger partial charge on any atom is 0.310 e. The van der Waals surface area contributed by atoms with Gasteiger partial charge in [-0.15, -0.1) is 0 Å². The Kier molecular flexibility index (Phi) is 6.16. The third kappa shape index (κ3) is 6.94. The minimum absolute atomic E-state index is 0.0318. The summed E-state index contributed by atoms with van der Waals surface area (Å²) in [7, 11) is 3.04. The number of esters is 1. The second-order valence-corrected chi connectivity index (χ2v) is 5.30. The molecule has 0 rings (SSSR count). The highest BCUT2D eigenvalue weighted by atomic mass is 16.5. The molecule has 5 nitrogen and oxygen atoms in total. The molecule has 0 aliphatic carbocycles. The number of hydrogen-bond donors (Lipinski definition) is 1. The fourth-order valence-corrected chi connectivity index (χ4v) is 1.26.